The smallest absolute Gasteiger partial charge is 0.166 e. The molecule has 0 aliphatic carbocycles. The van der Waals surface area contributed by atoms with Crippen molar-refractivity contribution in [3.63, 3.8) is 0 Å². The van der Waals surface area contributed by atoms with Gasteiger partial charge in [0.1, 0.15) is 0 Å². The molecule has 5 heteroatoms. The summed E-state index contributed by atoms with van der Waals surface area (Å²) in [5, 5.41) is 4.90. The number of aryl methyl sites for hydroxylation is 4. The Kier molecular flexibility index (Phi) is 9.55. The van der Waals surface area contributed by atoms with Gasteiger partial charge >= 0.3 is 0 Å². The minimum Gasteiger partial charge on any atom is -0.308 e. The maximum atomic E-state index is 5.38. The highest BCUT2D eigenvalue weighted by Gasteiger charge is 2.22. The van der Waals surface area contributed by atoms with Crippen LogP contribution in [0.5, 0.6) is 0 Å². The van der Waals surface area contributed by atoms with Crippen molar-refractivity contribution in [1.29, 1.82) is 0 Å². The number of nitrogens with zero attached hydrogens (tertiary/aromatic N) is 4. The van der Waals surface area contributed by atoms with Crippen LogP contribution in [0.1, 0.15) is 22.3 Å². The number of hydrogen-bond donors (Lipinski definition) is 0. The van der Waals surface area contributed by atoms with Crippen LogP contribution in [0.3, 0.4) is 0 Å². The lowest BCUT2D eigenvalue weighted by Crippen LogP contribution is -2.04. The van der Waals surface area contributed by atoms with Crippen LogP contribution in [0.25, 0.3) is 115 Å². The molecule has 0 atom stereocenters. The Bertz CT molecular complexity index is 3700. The van der Waals surface area contributed by atoms with Crippen LogP contribution in [0.4, 0.5) is 0 Å². The molecule has 0 N–H and O–H groups in total. The van der Waals surface area contributed by atoms with Crippen molar-refractivity contribution < 1.29 is 0 Å². The molecular weight excluding hydrogens is 821 g/mol. The second-order valence-corrected chi connectivity index (χ2v) is 18.6. The van der Waals surface area contributed by atoms with E-state index in [9.17, 15) is 0 Å². The average Bonchev–Trinajstić information content (AvgIpc) is 3.89. The van der Waals surface area contributed by atoms with Gasteiger partial charge in [-0.1, -0.05) is 163 Å². The summed E-state index contributed by atoms with van der Waals surface area (Å²) in [5.41, 5.74) is 18.0. The predicted octanol–water partition coefficient (Wildman–Crippen LogP) is 16.6. The molecule has 0 saturated carbocycles. The molecule has 0 bridgehead atoms. The van der Waals surface area contributed by atoms with Crippen molar-refractivity contribution in [3.8, 4) is 73.2 Å². The van der Waals surface area contributed by atoms with E-state index >= 15 is 0 Å². The fourth-order valence-corrected chi connectivity index (χ4v) is 10.9. The Morgan fingerprint density at radius 1 is 0.333 bits per heavy atom. The van der Waals surface area contributed by atoms with E-state index in [4.69, 9.17) is 15.0 Å². The molecule has 3 aromatic heterocycles. The first-order valence-electron chi connectivity index (χ1n) is 22.5. The van der Waals surface area contributed by atoms with Crippen LogP contribution in [0.2, 0.25) is 0 Å². The molecule has 314 valence electrons. The number of thiophene rings is 1. The highest BCUT2D eigenvalue weighted by atomic mass is 32.1. The van der Waals surface area contributed by atoms with Gasteiger partial charge in [0.15, 0.2) is 17.5 Å². The molecule has 0 amide bonds. The second-order valence-electron chi connectivity index (χ2n) is 17.5. The zero-order chi connectivity index (χ0) is 44.5. The molecule has 0 radical (unpaired) electrons. The molecule has 66 heavy (non-hydrogen) atoms. The summed E-state index contributed by atoms with van der Waals surface area (Å²) in [5.74, 6) is 1.85. The van der Waals surface area contributed by atoms with Crippen LogP contribution < -0.4 is 0 Å². The maximum absolute atomic E-state index is 5.38. The van der Waals surface area contributed by atoms with Crippen molar-refractivity contribution in [1.82, 2.24) is 19.5 Å². The van der Waals surface area contributed by atoms with Gasteiger partial charge in [-0.15, -0.1) is 11.3 Å². The number of hydrogen-bond acceptors (Lipinski definition) is 4. The quantitative estimate of drug-likeness (QED) is 0.160. The van der Waals surface area contributed by atoms with Gasteiger partial charge in [0.05, 0.1) is 16.7 Å². The fourth-order valence-electron chi connectivity index (χ4n) is 9.81. The standard InChI is InChI=1S/C61H44N4S/c1-37-19-25-47(39(3)31-37)45-21-27-49-50-28-22-46(48-26-20-38(2)32-40(48)4)36-56(50)65(55(49)35-45)54-29-23-43(44-24-30-58-52(33-44)51-17-11-12-18-57(51)66-58)34-53(54)61-63-59(41-13-7-5-8-14-41)62-60(64-61)42-15-9-6-10-16-42/h5-36H,1-4H3. The molecule has 9 aromatic carbocycles. The number of fused-ring (bicyclic) bond motifs is 6. The fraction of sp³-hybridized carbons (Fsp3) is 0.0656. The molecule has 4 nitrogen and oxygen atoms in total. The van der Waals surface area contributed by atoms with Crippen LogP contribution in [0.15, 0.2) is 194 Å². The van der Waals surface area contributed by atoms with Gasteiger partial charge in [-0.05, 0) is 115 Å². The summed E-state index contributed by atoms with van der Waals surface area (Å²) in [6.07, 6.45) is 0. The van der Waals surface area contributed by atoms with E-state index < -0.39 is 0 Å². The van der Waals surface area contributed by atoms with Gasteiger partial charge < -0.3 is 4.57 Å². The van der Waals surface area contributed by atoms with Crippen molar-refractivity contribution in [2.45, 2.75) is 27.7 Å². The van der Waals surface area contributed by atoms with Gasteiger partial charge in [0.25, 0.3) is 0 Å². The van der Waals surface area contributed by atoms with E-state index in [1.165, 1.54) is 75.5 Å². The molecule has 12 aromatic rings. The Hall–Kier alpha value is -7.99. The minimum atomic E-state index is 0.604. The van der Waals surface area contributed by atoms with E-state index in [1.807, 2.05) is 47.7 Å². The Morgan fingerprint density at radius 3 is 1.42 bits per heavy atom. The molecule has 12 rings (SSSR count). The van der Waals surface area contributed by atoms with Crippen LogP contribution >= 0.6 is 11.3 Å². The monoisotopic (exact) mass is 864 g/mol. The number of aromatic nitrogens is 4. The number of rotatable bonds is 7. The second kappa shape index (κ2) is 15.9. The highest BCUT2D eigenvalue weighted by Crippen LogP contribution is 2.43. The molecule has 0 spiro atoms. The third kappa shape index (κ3) is 6.88. The summed E-state index contributed by atoms with van der Waals surface area (Å²) >= 11 is 1.84. The maximum Gasteiger partial charge on any atom is 0.166 e. The average molecular weight is 865 g/mol. The summed E-state index contributed by atoms with van der Waals surface area (Å²) in [6.45, 7) is 8.73. The number of benzene rings is 9. The lowest BCUT2D eigenvalue weighted by Gasteiger charge is -2.17. The topological polar surface area (TPSA) is 43.6 Å². The summed E-state index contributed by atoms with van der Waals surface area (Å²) in [4.78, 5) is 15.9. The van der Waals surface area contributed by atoms with E-state index in [2.05, 4.69) is 190 Å². The molecular formula is C61H44N4S. The summed E-state index contributed by atoms with van der Waals surface area (Å²) in [6, 6.07) is 70.3. The molecule has 0 saturated heterocycles. The zero-order valence-corrected chi connectivity index (χ0v) is 38.0. The highest BCUT2D eigenvalue weighted by molar-refractivity contribution is 7.25. The van der Waals surface area contributed by atoms with Gasteiger partial charge in [0.2, 0.25) is 0 Å². The Balaban J connectivity index is 1.18. The molecule has 0 aliphatic rings. The normalized spacial score (nSPS) is 11.6. The van der Waals surface area contributed by atoms with Crippen LogP contribution in [-0.2, 0) is 0 Å². The molecule has 0 unspecified atom stereocenters. The van der Waals surface area contributed by atoms with Gasteiger partial charge in [0, 0.05) is 47.6 Å². The zero-order valence-electron chi connectivity index (χ0n) is 37.2. The van der Waals surface area contributed by atoms with E-state index in [1.54, 1.807) is 0 Å². The lowest BCUT2D eigenvalue weighted by molar-refractivity contribution is 1.06. The van der Waals surface area contributed by atoms with Gasteiger partial charge in [-0.25, -0.2) is 15.0 Å². The third-order valence-electron chi connectivity index (χ3n) is 13.0. The SMILES string of the molecule is Cc1ccc(-c2ccc3c4ccc(-c5ccc(C)cc5C)cc4n(-c4ccc(-c5ccc6sc7ccccc7c6c5)cc4-c4nc(-c5ccccc5)nc(-c5ccccc5)n4)c3c2)c(C)c1. The third-order valence-corrected chi connectivity index (χ3v) is 14.2. The first-order valence-corrected chi connectivity index (χ1v) is 23.3. The van der Waals surface area contributed by atoms with E-state index in [0.717, 1.165) is 44.5 Å². The first kappa shape index (κ1) is 39.6. The van der Waals surface area contributed by atoms with Crippen molar-refractivity contribution >= 4 is 53.3 Å². The van der Waals surface area contributed by atoms with E-state index in [-0.39, 0.29) is 0 Å². The summed E-state index contributed by atoms with van der Waals surface area (Å²) in [7, 11) is 0. The molecule has 0 aliphatic heterocycles. The minimum absolute atomic E-state index is 0.604. The largest absolute Gasteiger partial charge is 0.308 e. The van der Waals surface area contributed by atoms with Crippen molar-refractivity contribution in [3.05, 3.63) is 216 Å². The molecule has 0 fully saturated rings. The van der Waals surface area contributed by atoms with Gasteiger partial charge in [-0.2, -0.15) is 0 Å². The van der Waals surface area contributed by atoms with Crippen LogP contribution in [-0.4, -0.2) is 19.5 Å². The van der Waals surface area contributed by atoms with E-state index in [0.29, 0.717) is 17.5 Å². The van der Waals surface area contributed by atoms with Crippen molar-refractivity contribution in [2.24, 2.45) is 0 Å². The molecule has 3 heterocycles. The first-order chi connectivity index (χ1) is 32.3. The Morgan fingerprint density at radius 2 is 0.833 bits per heavy atom. The summed E-state index contributed by atoms with van der Waals surface area (Å²) < 4.78 is 5.02. The predicted molar refractivity (Wildman–Crippen MR) is 279 cm³/mol. The van der Waals surface area contributed by atoms with Crippen molar-refractivity contribution in [2.75, 3.05) is 0 Å². The lowest BCUT2D eigenvalue weighted by atomic mass is 9.96. The van der Waals surface area contributed by atoms with Gasteiger partial charge in [-0.3, -0.25) is 0 Å². The Labute approximate surface area is 388 Å². The van der Waals surface area contributed by atoms with Crippen LogP contribution in [0, 0.1) is 27.7 Å².